The fraction of sp³-hybridized carbons (Fsp3) is 0.143. The number of hydrogen-bond donors (Lipinski definition) is 0. The third-order valence-corrected chi connectivity index (χ3v) is 3.09. The summed E-state index contributed by atoms with van der Waals surface area (Å²) in [6.07, 6.45) is 0. The van der Waals surface area contributed by atoms with Crippen LogP contribution in [-0.2, 0) is 0 Å². The van der Waals surface area contributed by atoms with Gasteiger partial charge in [0, 0.05) is 0 Å². The predicted molar refractivity (Wildman–Crippen MR) is 72.9 cm³/mol. The first kappa shape index (κ1) is 12.3. The molecule has 0 fully saturated rings. The van der Waals surface area contributed by atoms with Crippen LogP contribution in [0.3, 0.4) is 0 Å². The maximum atomic E-state index is 5.79. The van der Waals surface area contributed by atoms with Crippen molar-refractivity contribution in [2.75, 3.05) is 7.11 Å². The van der Waals surface area contributed by atoms with Crippen molar-refractivity contribution >= 4 is 23.2 Å². The van der Waals surface area contributed by atoms with E-state index in [4.69, 9.17) is 27.9 Å². The third-order valence-electron chi connectivity index (χ3n) is 2.59. The summed E-state index contributed by atoms with van der Waals surface area (Å²) in [5, 5.41) is 0. The Morgan fingerprint density at radius 3 is 1.71 bits per heavy atom. The summed E-state index contributed by atoms with van der Waals surface area (Å²) >= 11 is 11.6. The molecule has 0 atom stereocenters. The van der Waals surface area contributed by atoms with Gasteiger partial charge in [-0.2, -0.15) is 0 Å². The highest BCUT2D eigenvalue weighted by Crippen LogP contribution is 2.28. The summed E-state index contributed by atoms with van der Waals surface area (Å²) in [5.74, 6) is 0.854. The quantitative estimate of drug-likeness (QED) is 0.723. The Morgan fingerprint density at radius 1 is 0.824 bits per heavy atom. The van der Waals surface area contributed by atoms with Gasteiger partial charge in [-0.1, -0.05) is 36.4 Å². The van der Waals surface area contributed by atoms with Gasteiger partial charge in [0.15, 0.2) is 0 Å². The fourth-order valence-corrected chi connectivity index (χ4v) is 1.90. The molecular formula is C14H12Cl2O. The van der Waals surface area contributed by atoms with Crippen LogP contribution in [0.5, 0.6) is 5.75 Å². The van der Waals surface area contributed by atoms with Gasteiger partial charge >= 0.3 is 0 Å². The molecule has 88 valence electrons. The molecule has 3 heteroatoms. The van der Waals surface area contributed by atoms with Gasteiger partial charge < -0.3 is 4.74 Å². The average Bonchev–Trinajstić information content (AvgIpc) is 2.39. The van der Waals surface area contributed by atoms with Crippen LogP contribution in [0.4, 0.5) is 0 Å². The smallest absolute Gasteiger partial charge is 0.132 e. The number of halogens is 2. The number of ether oxygens (including phenoxy) is 1. The fourth-order valence-electron chi connectivity index (χ4n) is 1.60. The van der Waals surface area contributed by atoms with E-state index in [1.165, 1.54) is 0 Å². The molecule has 2 rings (SSSR count). The van der Waals surface area contributed by atoms with Crippen molar-refractivity contribution in [3.8, 4) is 16.9 Å². The van der Waals surface area contributed by atoms with Crippen LogP contribution in [0.2, 0.25) is 0 Å². The molecule has 0 heterocycles. The Morgan fingerprint density at radius 2 is 1.29 bits per heavy atom. The van der Waals surface area contributed by atoms with Crippen LogP contribution < -0.4 is 4.74 Å². The van der Waals surface area contributed by atoms with Crippen molar-refractivity contribution in [1.29, 1.82) is 0 Å². The Kier molecular flexibility index (Phi) is 3.93. The lowest BCUT2D eigenvalue weighted by molar-refractivity contribution is 0.415. The number of alkyl halides is 2. The van der Waals surface area contributed by atoms with Gasteiger partial charge in [0.2, 0.25) is 0 Å². The molecule has 0 unspecified atom stereocenters. The molecule has 0 aliphatic rings. The van der Waals surface area contributed by atoms with Crippen LogP contribution in [0.25, 0.3) is 11.1 Å². The topological polar surface area (TPSA) is 9.23 Å². The van der Waals surface area contributed by atoms with Crippen molar-refractivity contribution in [3.63, 3.8) is 0 Å². The van der Waals surface area contributed by atoms with E-state index in [1.54, 1.807) is 7.11 Å². The molecule has 1 nitrogen and oxygen atoms in total. The second kappa shape index (κ2) is 5.44. The Labute approximate surface area is 111 Å². The van der Waals surface area contributed by atoms with E-state index in [9.17, 15) is 0 Å². The zero-order valence-corrected chi connectivity index (χ0v) is 10.9. The zero-order valence-electron chi connectivity index (χ0n) is 9.36. The lowest BCUT2D eigenvalue weighted by Gasteiger charge is -2.06. The molecule has 2 aromatic rings. The van der Waals surface area contributed by atoms with Crippen molar-refractivity contribution < 1.29 is 4.74 Å². The summed E-state index contributed by atoms with van der Waals surface area (Å²) in [6, 6.07) is 15.8. The highest BCUT2D eigenvalue weighted by atomic mass is 35.5. The first-order valence-electron chi connectivity index (χ1n) is 5.23. The maximum absolute atomic E-state index is 5.79. The minimum Gasteiger partial charge on any atom is -0.497 e. The minimum absolute atomic E-state index is 0.472. The van der Waals surface area contributed by atoms with E-state index in [0.717, 1.165) is 22.4 Å². The highest BCUT2D eigenvalue weighted by molar-refractivity contribution is 6.44. The maximum Gasteiger partial charge on any atom is 0.132 e. The lowest BCUT2D eigenvalue weighted by Crippen LogP contribution is -1.84. The molecule has 0 saturated carbocycles. The van der Waals surface area contributed by atoms with Crippen LogP contribution in [0.1, 0.15) is 10.4 Å². The molecule has 0 radical (unpaired) electrons. The first-order chi connectivity index (χ1) is 8.20. The summed E-state index contributed by atoms with van der Waals surface area (Å²) in [6.45, 7) is 0. The van der Waals surface area contributed by atoms with Crippen molar-refractivity contribution in [3.05, 3.63) is 54.1 Å². The van der Waals surface area contributed by atoms with Gasteiger partial charge in [0.25, 0.3) is 0 Å². The molecule has 0 aromatic heterocycles. The molecule has 0 aliphatic carbocycles. The normalized spacial score (nSPS) is 10.6. The van der Waals surface area contributed by atoms with Gasteiger partial charge in [0.05, 0.1) is 7.11 Å². The van der Waals surface area contributed by atoms with Gasteiger partial charge in [-0.05, 0) is 28.8 Å². The summed E-state index contributed by atoms with van der Waals surface area (Å²) < 4.78 is 5.12. The van der Waals surface area contributed by atoms with E-state index in [0.29, 0.717) is 0 Å². The van der Waals surface area contributed by atoms with Crippen molar-refractivity contribution in [2.24, 2.45) is 0 Å². The van der Waals surface area contributed by atoms with Crippen LogP contribution >= 0.6 is 23.2 Å². The molecule has 0 bridgehead atoms. The molecule has 0 N–H and O–H groups in total. The summed E-state index contributed by atoms with van der Waals surface area (Å²) in [7, 11) is 1.66. The molecule has 0 saturated heterocycles. The minimum atomic E-state index is -0.472. The molecule has 0 amide bonds. The van der Waals surface area contributed by atoms with E-state index in [2.05, 4.69) is 0 Å². The second-order valence-corrected chi connectivity index (χ2v) is 4.75. The molecule has 2 aromatic carbocycles. The largest absolute Gasteiger partial charge is 0.497 e. The van der Waals surface area contributed by atoms with Gasteiger partial charge in [-0.25, -0.2) is 0 Å². The van der Waals surface area contributed by atoms with Crippen molar-refractivity contribution in [2.45, 2.75) is 4.84 Å². The molecular weight excluding hydrogens is 255 g/mol. The second-order valence-electron chi connectivity index (χ2n) is 3.65. The zero-order chi connectivity index (χ0) is 12.3. The SMILES string of the molecule is COc1ccc(-c2ccc(C(Cl)Cl)cc2)cc1. The molecule has 17 heavy (non-hydrogen) atoms. The molecule has 0 aliphatic heterocycles. The highest BCUT2D eigenvalue weighted by Gasteiger charge is 2.03. The Hall–Kier alpha value is -1.18. The van der Waals surface area contributed by atoms with Crippen molar-refractivity contribution in [1.82, 2.24) is 0 Å². The number of hydrogen-bond acceptors (Lipinski definition) is 1. The first-order valence-corrected chi connectivity index (χ1v) is 6.10. The van der Waals surface area contributed by atoms with E-state index in [-0.39, 0.29) is 0 Å². The summed E-state index contributed by atoms with van der Waals surface area (Å²) in [5.41, 5.74) is 3.18. The van der Waals surface area contributed by atoms with Gasteiger partial charge in [0.1, 0.15) is 10.6 Å². The van der Waals surface area contributed by atoms with Gasteiger partial charge in [-0.15, -0.1) is 23.2 Å². The molecule has 0 spiro atoms. The van der Waals surface area contributed by atoms with E-state index >= 15 is 0 Å². The van der Waals surface area contributed by atoms with E-state index in [1.807, 2.05) is 48.5 Å². The van der Waals surface area contributed by atoms with Gasteiger partial charge in [-0.3, -0.25) is 0 Å². The third kappa shape index (κ3) is 2.93. The monoisotopic (exact) mass is 266 g/mol. The van der Waals surface area contributed by atoms with Crippen LogP contribution in [-0.4, -0.2) is 7.11 Å². The van der Waals surface area contributed by atoms with E-state index < -0.39 is 4.84 Å². The number of rotatable bonds is 3. The van der Waals surface area contributed by atoms with Crippen LogP contribution in [0.15, 0.2) is 48.5 Å². The number of methoxy groups -OCH3 is 1. The Bertz CT molecular complexity index is 475. The Balaban J connectivity index is 2.26. The van der Waals surface area contributed by atoms with Crippen LogP contribution in [0, 0.1) is 0 Å². The summed E-state index contributed by atoms with van der Waals surface area (Å²) in [4.78, 5) is -0.472. The lowest BCUT2D eigenvalue weighted by atomic mass is 10.0. The number of benzene rings is 2. The predicted octanol–water partition coefficient (Wildman–Crippen LogP) is 4.84. The standard InChI is InChI=1S/C14H12Cl2O/c1-17-13-8-6-11(7-9-13)10-2-4-12(5-3-10)14(15)16/h2-9,14H,1H3. The average molecular weight is 267 g/mol.